The normalized spacial score (nSPS) is 15.4. The van der Waals surface area contributed by atoms with E-state index in [-0.39, 0.29) is 0 Å². The molecular formula is C22H21F2N3. The molecule has 1 aromatic heterocycles. The van der Waals surface area contributed by atoms with Gasteiger partial charge in [-0.1, -0.05) is 37.3 Å². The molecule has 1 aliphatic rings. The lowest BCUT2D eigenvalue weighted by molar-refractivity contribution is 0.560. The van der Waals surface area contributed by atoms with E-state index in [1.807, 2.05) is 6.20 Å². The van der Waals surface area contributed by atoms with Crippen LogP contribution in [0.3, 0.4) is 0 Å². The number of rotatable bonds is 5. The van der Waals surface area contributed by atoms with Crippen molar-refractivity contribution in [2.45, 2.75) is 25.9 Å². The highest BCUT2D eigenvalue weighted by Crippen LogP contribution is 2.37. The summed E-state index contributed by atoms with van der Waals surface area (Å²) in [4.78, 5) is 4.42. The maximum absolute atomic E-state index is 13.7. The molecule has 0 fully saturated rings. The highest BCUT2D eigenvalue weighted by atomic mass is 19.1. The number of pyridine rings is 1. The number of benzene rings is 2. The van der Waals surface area contributed by atoms with E-state index in [0.717, 1.165) is 29.6 Å². The van der Waals surface area contributed by atoms with Crippen molar-refractivity contribution in [1.82, 2.24) is 10.3 Å². The van der Waals surface area contributed by atoms with Gasteiger partial charge in [0.05, 0.1) is 0 Å². The van der Waals surface area contributed by atoms with Crippen molar-refractivity contribution < 1.29 is 8.78 Å². The summed E-state index contributed by atoms with van der Waals surface area (Å²) in [5, 5.41) is 6.55. The van der Waals surface area contributed by atoms with Crippen LogP contribution in [0.25, 0.3) is 11.1 Å². The van der Waals surface area contributed by atoms with Crippen molar-refractivity contribution in [3.63, 3.8) is 0 Å². The van der Waals surface area contributed by atoms with Crippen molar-refractivity contribution in [3.05, 3.63) is 83.1 Å². The Balaban J connectivity index is 1.43. The Morgan fingerprint density at radius 2 is 1.89 bits per heavy atom. The second-order valence-corrected chi connectivity index (χ2v) is 6.94. The summed E-state index contributed by atoms with van der Waals surface area (Å²) in [6.45, 7) is 4.09. The lowest BCUT2D eigenvalue weighted by atomic mass is 9.94. The molecule has 2 heterocycles. The third-order valence-electron chi connectivity index (χ3n) is 4.98. The molecule has 3 nitrogen and oxygen atoms in total. The van der Waals surface area contributed by atoms with Crippen molar-refractivity contribution in [2.75, 3.05) is 11.9 Å². The molecule has 5 heteroatoms. The van der Waals surface area contributed by atoms with Crippen LogP contribution in [0.5, 0.6) is 0 Å². The highest BCUT2D eigenvalue weighted by molar-refractivity contribution is 5.74. The molecule has 0 bridgehead atoms. The summed E-state index contributed by atoms with van der Waals surface area (Å²) in [5.74, 6) is 0.341. The minimum atomic E-state index is -0.557. The van der Waals surface area contributed by atoms with Gasteiger partial charge >= 0.3 is 0 Å². The molecule has 1 aliphatic heterocycles. The topological polar surface area (TPSA) is 37.0 Å². The summed E-state index contributed by atoms with van der Waals surface area (Å²) < 4.78 is 26.6. The zero-order valence-electron chi connectivity index (χ0n) is 15.1. The molecule has 1 atom stereocenters. The summed E-state index contributed by atoms with van der Waals surface area (Å²) >= 11 is 0. The maximum Gasteiger partial charge on any atom is 0.130 e. The zero-order chi connectivity index (χ0) is 18.8. The molecular weight excluding hydrogens is 344 g/mol. The first-order valence-electron chi connectivity index (χ1n) is 9.08. The van der Waals surface area contributed by atoms with Crippen LogP contribution < -0.4 is 10.6 Å². The quantitative estimate of drug-likeness (QED) is 0.679. The molecule has 0 amide bonds. The average molecular weight is 365 g/mol. The monoisotopic (exact) mass is 365 g/mol. The minimum absolute atomic E-state index is 0.356. The summed E-state index contributed by atoms with van der Waals surface area (Å²) in [7, 11) is 0. The standard InChI is InChI=1S/C22H21F2N3/c1-14-11-27-22-21(14)19(8-9-26-22)16-4-2-15(3-5-16)12-25-13-17-6-7-18(23)10-20(17)24/h2-10,14,25H,11-13H2,1H3,(H,26,27). The zero-order valence-corrected chi connectivity index (χ0v) is 15.1. The Morgan fingerprint density at radius 3 is 2.67 bits per heavy atom. The highest BCUT2D eigenvalue weighted by Gasteiger charge is 2.22. The second kappa shape index (κ2) is 7.45. The van der Waals surface area contributed by atoms with Crippen LogP contribution in [-0.2, 0) is 13.1 Å². The molecule has 0 aliphatic carbocycles. The summed E-state index contributed by atoms with van der Waals surface area (Å²) in [6.07, 6.45) is 1.84. The molecule has 2 N–H and O–H groups in total. The number of hydrogen-bond acceptors (Lipinski definition) is 3. The van der Waals surface area contributed by atoms with Gasteiger partial charge in [-0.25, -0.2) is 13.8 Å². The van der Waals surface area contributed by atoms with E-state index in [4.69, 9.17) is 0 Å². The first-order valence-corrected chi connectivity index (χ1v) is 9.08. The fourth-order valence-electron chi connectivity index (χ4n) is 3.53. The van der Waals surface area contributed by atoms with Gasteiger partial charge in [0.1, 0.15) is 17.5 Å². The Bertz CT molecular complexity index is 954. The number of nitrogens with zero attached hydrogens (tertiary/aromatic N) is 1. The third kappa shape index (κ3) is 3.69. The number of nitrogens with one attached hydrogen (secondary N) is 2. The third-order valence-corrected chi connectivity index (χ3v) is 4.98. The van der Waals surface area contributed by atoms with E-state index in [1.165, 1.54) is 23.3 Å². The van der Waals surface area contributed by atoms with Crippen LogP contribution in [0.15, 0.2) is 54.7 Å². The predicted molar refractivity (Wildman–Crippen MR) is 103 cm³/mol. The van der Waals surface area contributed by atoms with Gasteiger partial charge in [0.15, 0.2) is 0 Å². The largest absolute Gasteiger partial charge is 0.369 e. The van der Waals surface area contributed by atoms with Gasteiger partial charge in [0.2, 0.25) is 0 Å². The maximum atomic E-state index is 13.7. The van der Waals surface area contributed by atoms with Crippen molar-refractivity contribution in [1.29, 1.82) is 0 Å². The SMILES string of the molecule is CC1CNc2nccc(-c3ccc(CNCc4ccc(F)cc4F)cc3)c21. The predicted octanol–water partition coefficient (Wildman–Crippen LogP) is 4.85. The average Bonchev–Trinajstić information content (AvgIpc) is 3.05. The smallest absolute Gasteiger partial charge is 0.130 e. The number of halogens is 2. The Kier molecular flexibility index (Phi) is 4.86. The molecule has 0 saturated heterocycles. The van der Waals surface area contributed by atoms with Crippen molar-refractivity contribution in [3.8, 4) is 11.1 Å². The number of aromatic nitrogens is 1. The molecule has 3 aromatic rings. The van der Waals surface area contributed by atoms with E-state index in [2.05, 4.69) is 52.9 Å². The van der Waals surface area contributed by atoms with E-state index in [1.54, 1.807) is 0 Å². The molecule has 2 aromatic carbocycles. The van der Waals surface area contributed by atoms with Crippen LogP contribution >= 0.6 is 0 Å². The molecule has 0 saturated carbocycles. The van der Waals surface area contributed by atoms with Crippen LogP contribution in [0.2, 0.25) is 0 Å². The number of fused-ring (bicyclic) bond motifs is 1. The Morgan fingerprint density at radius 1 is 1.07 bits per heavy atom. The fourth-order valence-corrected chi connectivity index (χ4v) is 3.53. The van der Waals surface area contributed by atoms with Gasteiger partial charge in [0.25, 0.3) is 0 Å². The van der Waals surface area contributed by atoms with Gasteiger partial charge in [-0.2, -0.15) is 0 Å². The molecule has 27 heavy (non-hydrogen) atoms. The first kappa shape index (κ1) is 17.6. The van der Waals surface area contributed by atoms with E-state index in [9.17, 15) is 8.78 Å². The minimum Gasteiger partial charge on any atom is -0.369 e. The fraction of sp³-hybridized carbons (Fsp3) is 0.227. The lowest BCUT2D eigenvalue weighted by Gasteiger charge is -2.11. The van der Waals surface area contributed by atoms with E-state index in [0.29, 0.717) is 24.6 Å². The first-order chi connectivity index (χ1) is 13.1. The number of anilines is 1. The van der Waals surface area contributed by atoms with Crippen LogP contribution in [-0.4, -0.2) is 11.5 Å². The van der Waals surface area contributed by atoms with Crippen molar-refractivity contribution in [2.24, 2.45) is 0 Å². The van der Waals surface area contributed by atoms with Crippen LogP contribution in [0.1, 0.15) is 29.5 Å². The molecule has 4 rings (SSSR count). The lowest BCUT2D eigenvalue weighted by Crippen LogP contribution is -2.13. The van der Waals surface area contributed by atoms with Gasteiger partial charge < -0.3 is 10.6 Å². The van der Waals surface area contributed by atoms with Gasteiger partial charge in [-0.3, -0.25) is 0 Å². The molecule has 1 unspecified atom stereocenters. The van der Waals surface area contributed by atoms with Gasteiger partial charge in [-0.05, 0) is 28.8 Å². The van der Waals surface area contributed by atoms with Crippen molar-refractivity contribution >= 4 is 5.82 Å². The summed E-state index contributed by atoms with van der Waals surface area (Å²) in [6, 6.07) is 14.1. The van der Waals surface area contributed by atoms with E-state index >= 15 is 0 Å². The molecule has 0 radical (unpaired) electrons. The Hall–Kier alpha value is -2.79. The summed E-state index contributed by atoms with van der Waals surface area (Å²) in [5.41, 5.74) is 5.22. The molecule has 0 spiro atoms. The Labute approximate surface area is 157 Å². The second-order valence-electron chi connectivity index (χ2n) is 6.94. The van der Waals surface area contributed by atoms with Crippen LogP contribution in [0.4, 0.5) is 14.6 Å². The number of hydrogen-bond donors (Lipinski definition) is 2. The van der Waals surface area contributed by atoms with Crippen LogP contribution in [0, 0.1) is 11.6 Å². The van der Waals surface area contributed by atoms with Gasteiger partial charge in [-0.15, -0.1) is 0 Å². The van der Waals surface area contributed by atoms with E-state index < -0.39 is 11.6 Å². The van der Waals surface area contributed by atoms with Gasteiger partial charge in [0, 0.05) is 48.9 Å². The molecule has 138 valence electrons.